The van der Waals surface area contributed by atoms with Crippen LogP contribution in [0.4, 0.5) is 0 Å². The van der Waals surface area contributed by atoms with Crippen molar-refractivity contribution in [1.82, 2.24) is 4.98 Å². The lowest BCUT2D eigenvalue weighted by Crippen LogP contribution is -2.49. The maximum absolute atomic E-state index is 10.3. The Balaban J connectivity index is 1.80. The highest BCUT2D eigenvalue weighted by molar-refractivity contribution is 6.47. The Morgan fingerprint density at radius 1 is 1.00 bits per heavy atom. The molecule has 2 aromatic carbocycles. The van der Waals surface area contributed by atoms with Crippen molar-refractivity contribution in [3.05, 3.63) is 48.7 Å². The van der Waals surface area contributed by atoms with Crippen LogP contribution in [0.2, 0.25) is 0 Å². The predicted molar refractivity (Wildman–Crippen MR) is 106 cm³/mol. The van der Waals surface area contributed by atoms with Crippen molar-refractivity contribution in [2.45, 2.75) is 38.9 Å². The number of nitrogens with zero attached hydrogens (tertiary/aromatic N) is 1. The lowest BCUT2D eigenvalue weighted by molar-refractivity contribution is -0.0893. The van der Waals surface area contributed by atoms with E-state index in [1.807, 2.05) is 50.2 Å². The first-order chi connectivity index (χ1) is 12.3. The minimum atomic E-state index is -0.962. The molecule has 0 saturated carbocycles. The molecule has 1 N–H and O–H groups in total. The van der Waals surface area contributed by atoms with Crippen LogP contribution in [0.3, 0.4) is 0 Å². The van der Waals surface area contributed by atoms with E-state index in [9.17, 15) is 5.11 Å². The molecule has 2 heterocycles. The van der Waals surface area contributed by atoms with E-state index in [1.54, 1.807) is 27.5 Å². The van der Waals surface area contributed by atoms with Gasteiger partial charge in [0, 0.05) is 16.2 Å². The van der Waals surface area contributed by atoms with E-state index in [-0.39, 0.29) is 0 Å². The number of pyridine rings is 1. The van der Waals surface area contributed by atoms with Crippen LogP contribution in [0.1, 0.15) is 27.7 Å². The van der Waals surface area contributed by atoms with Gasteiger partial charge in [0.15, 0.2) is 5.58 Å². The fourth-order valence-electron chi connectivity index (χ4n) is 2.86. The summed E-state index contributed by atoms with van der Waals surface area (Å²) in [6, 6.07) is 14.0. The second kappa shape index (κ2) is 5.83. The third kappa shape index (κ3) is 2.77. The molecule has 5 heteroatoms. The predicted octanol–water partition coefficient (Wildman–Crippen LogP) is 3.94. The van der Waals surface area contributed by atoms with Gasteiger partial charge in [-0.3, -0.25) is 4.98 Å². The van der Waals surface area contributed by atoms with Gasteiger partial charge < -0.3 is 14.2 Å². The maximum atomic E-state index is 10.3. The fraction of sp³-hybridized carbons (Fsp3) is 0.286. The molecule has 26 heavy (non-hydrogen) atoms. The lowest BCUT2D eigenvalue weighted by Gasteiger charge is -2.37. The molecule has 4 aromatic rings. The molecule has 0 saturated heterocycles. The Kier molecular flexibility index (Phi) is 3.83. The summed E-state index contributed by atoms with van der Waals surface area (Å²) in [6.07, 6.45) is 1.77. The summed E-state index contributed by atoms with van der Waals surface area (Å²) >= 11 is 0. The van der Waals surface area contributed by atoms with Crippen molar-refractivity contribution in [3.8, 4) is 0 Å². The van der Waals surface area contributed by atoms with E-state index in [2.05, 4.69) is 11.1 Å². The van der Waals surface area contributed by atoms with Gasteiger partial charge in [0.2, 0.25) is 0 Å². The zero-order valence-electron chi connectivity index (χ0n) is 15.4. The maximum Gasteiger partial charge on any atom is 0.330 e. The first-order valence-electron chi connectivity index (χ1n) is 8.70. The summed E-state index contributed by atoms with van der Waals surface area (Å²) in [5.74, 6) is 0. The van der Waals surface area contributed by atoms with Crippen molar-refractivity contribution >= 4 is 45.8 Å². The number of hydrogen-bond acceptors (Lipinski definition) is 4. The normalized spacial score (nSPS) is 13.0. The fourth-order valence-corrected chi connectivity index (χ4v) is 2.86. The van der Waals surface area contributed by atoms with E-state index in [1.165, 1.54) is 0 Å². The number of benzene rings is 2. The first-order valence-corrected chi connectivity index (χ1v) is 8.70. The van der Waals surface area contributed by atoms with E-state index in [4.69, 9.17) is 9.07 Å². The third-order valence-electron chi connectivity index (χ3n) is 5.20. The van der Waals surface area contributed by atoms with Gasteiger partial charge in [0.25, 0.3) is 0 Å². The van der Waals surface area contributed by atoms with Gasteiger partial charge >= 0.3 is 7.48 Å². The molecule has 1 radical (unpaired) electrons. The summed E-state index contributed by atoms with van der Waals surface area (Å²) < 4.78 is 11.8. The smallest absolute Gasteiger partial charge is 0.330 e. The van der Waals surface area contributed by atoms with Crippen LogP contribution in [0.25, 0.3) is 32.8 Å². The molecule has 0 spiro atoms. The van der Waals surface area contributed by atoms with Crippen LogP contribution in [0, 0.1) is 0 Å². The minimum Gasteiger partial charge on any atom is -0.454 e. The molecule has 0 unspecified atom stereocenters. The van der Waals surface area contributed by atoms with Gasteiger partial charge in [-0.05, 0) is 39.8 Å². The van der Waals surface area contributed by atoms with Crippen LogP contribution < -0.4 is 5.46 Å². The Labute approximate surface area is 153 Å². The van der Waals surface area contributed by atoms with E-state index < -0.39 is 11.2 Å². The molecule has 131 valence electrons. The monoisotopic (exact) mass is 346 g/mol. The van der Waals surface area contributed by atoms with Crippen LogP contribution in [0.5, 0.6) is 0 Å². The number of aliphatic hydroxyl groups is 1. The Morgan fingerprint density at radius 3 is 2.54 bits per heavy atom. The summed E-state index contributed by atoms with van der Waals surface area (Å²) in [6.45, 7) is 7.22. The van der Waals surface area contributed by atoms with Crippen molar-refractivity contribution in [3.63, 3.8) is 0 Å². The quantitative estimate of drug-likeness (QED) is 0.569. The highest BCUT2D eigenvalue weighted by Crippen LogP contribution is 2.33. The van der Waals surface area contributed by atoms with Crippen LogP contribution in [-0.2, 0) is 4.65 Å². The number of para-hydroxylation sites is 1. The Bertz CT molecular complexity index is 1110. The number of aromatic nitrogens is 1. The average molecular weight is 346 g/mol. The molecule has 0 aliphatic heterocycles. The molecule has 0 amide bonds. The molecule has 4 rings (SSSR count). The number of rotatable bonds is 4. The second-order valence-corrected chi connectivity index (χ2v) is 7.68. The largest absolute Gasteiger partial charge is 0.454 e. The number of furan rings is 1. The third-order valence-corrected chi connectivity index (χ3v) is 5.20. The van der Waals surface area contributed by atoms with Crippen molar-refractivity contribution in [2.75, 3.05) is 0 Å². The van der Waals surface area contributed by atoms with Gasteiger partial charge in [0.1, 0.15) is 5.58 Å². The molecular weight excluding hydrogens is 325 g/mol. The summed E-state index contributed by atoms with van der Waals surface area (Å²) in [5.41, 5.74) is 1.77. The summed E-state index contributed by atoms with van der Waals surface area (Å²) in [5, 5.41) is 13.4. The summed E-state index contributed by atoms with van der Waals surface area (Å²) in [7, 11) is 1.69. The Morgan fingerprint density at radius 2 is 1.77 bits per heavy atom. The van der Waals surface area contributed by atoms with Gasteiger partial charge in [-0.15, -0.1) is 0 Å². The lowest BCUT2D eigenvalue weighted by atomic mass is 9.82. The standard InChI is InChI=1S/C21H21BNO3/c1-20(2,24)21(3,4)26-22-13-9-10-16-15(11-13)19-14-7-5-6-8-17(14)25-18(19)12-23-16/h5-12,24H,1-4H3. The van der Waals surface area contributed by atoms with Crippen molar-refractivity contribution < 1.29 is 14.2 Å². The number of hydrogen-bond donors (Lipinski definition) is 1. The van der Waals surface area contributed by atoms with Crippen molar-refractivity contribution in [1.29, 1.82) is 0 Å². The highest BCUT2D eigenvalue weighted by Gasteiger charge is 2.35. The van der Waals surface area contributed by atoms with Crippen LogP contribution in [-0.4, -0.2) is 28.8 Å². The average Bonchev–Trinajstić information content (AvgIpc) is 2.98. The molecule has 0 fully saturated rings. The molecular formula is C21H21BNO3. The van der Waals surface area contributed by atoms with Gasteiger partial charge in [0.05, 0.1) is 22.9 Å². The second-order valence-electron chi connectivity index (χ2n) is 7.68. The molecule has 2 aromatic heterocycles. The first kappa shape index (κ1) is 17.1. The topological polar surface area (TPSA) is 55.5 Å². The molecule has 0 bridgehead atoms. The van der Waals surface area contributed by atoms with Gasteiger partial charge in [-0.2, -0.15) is 0 Å². The van der Waals surface area contributed by atoms with Crippen LogP contribution in [0.15, 0.2) is 53.1 Å². The highest BCUT2D eigenvalue weighted by atomic mass is 16.5. The zero-order chi connectivity index (χ0) is 18.5. The molecule has 4 nitrogen and oxygen atoms in total. The zero-order valence-corrected chi connectivity index (χ0v) is 15.4. The molecule has 0 aliphatic rings. The molecule has 0 aliphatic carbocycles. The molecule has 0 atom stereocenters. The SMILES string of the molecule is CC(C)(O)C(C)(C)O[B]c1ccc2ncc3oc4ccccc4c3c2c1. The van der Waals surface area contributed by atoms with Gasteiger partial charge in [-0.1, -0.05) is 35.8 Å². The van der Waals surface area contributed by atoms with E-state index in [0.717, 1.165) is 38.3 Å². The minimum absolute atomic E-state index is 0.714. The number of fused-ring (bicyclic) bond motifs is 5. The van der Waals surface area contributed by atoms with E-state index in [0.29, 0.717) is 0 Å². The van der Waals surface area contributed by atoms with Crippen LogP contribution >= 0.6 is 0 Å². The van der Waals surface area contributed by atoms with Gasteiger partial charge in [-0.25, -0.2) is 0 Å². The summed E-state index contributed by atoms with van der Waals surface area (Å²) in [4.78, 5) is 4.51. The Hall–Kier alpha value is -2.37. The van der Waals surface area contributed by atoms with Crippen molar-refractivity contribution in [2.24, 2.45) is 0 Å². The van der Waals surface area contributed by atoms with E-state index >= 15 is 0 Å².